The molecule has 0 bridgehead atoms. The predicted molar refractivity (Wildman–Crippen MR) is 59.0 cm³/mol. The largest absolute Gasteiger partial charge is 0.445 e. The number of carbonyl (C=O) groups is 1. The van der Waals surface area contributed by atoms with Crippen LogP contribution in [0.15, 0.2) is 21.6 Å². The summed E-state index contributed by atoms with van der Waals surface area (Å²) in [5.74, 6) is 0.358. The van der Waals surface area contributed by atoms with E-state index in [0.29, 0.717) is 12.3 Å². The van der Waals surface area contributed by atoms with E-state index in [0.717, 1.165) is 18.1 Å². The van der Waals surface area contributed by atoms with Gasteiger partial charge < -0.3 is 15.1 Å². The molecule has 4 nitrogen and oxygen atoms in total. The smallest absolute Gasteiger partial charge is 0.289 e. The maximum absolute atomic E-state index is 11.9. The van der Waals surface area contributed by atoms with Crippen LogP contribution in [-0.4, -0.2) is 36.2 Å². The van der Waals surface area contributed by atoms with Crippen LogP contribution >= 0.6 is 11.8 Å². The monoisotopic (exact) mass is 226 g/mol. The Kier molecular flexibility index (Phi) is 3.02. The van der Waals surface area contributed by atoms with Gasteiger partial charge in [-0.2, -0.15) is 0 Å². The number of nitrogens with two attached hydrogens (primary N) is 1. The number of thioether (sulfide) groups is 1. The Hall–Kier alpha value is -0.940. The Morgan fingerprint density at radius 2 is 2.47 bits per heavy atom. The first-order chi connectivity index (χ1) is 7.20. The van der Waals surface area contributed by atoms with E-state index in [4.69, 9.17) is 10.2 Å². The number of furan rings is 1. The number of hydrogen-bond donors (Lipinski definition) is 1. The fourth-order valence-electron chi connectivity index (χ4n) is 1.67. The number of carbonyl (C=O) groups excluding carboxylic acids is 1. The van der Waals surface area contributed by atoms with Crippen molar-refractivity contribution in [1.82, 2.24) is 4.90 Å². The van der Waals surface area contributed by atoms with Crippen LogP contribution in [0, 0.1) is 0 Å². The molecule has 82 valence electrons. The first-order valence-corrected chi connectivity index (χ1v) is 6.12. The number of nitrogens with zero attached hydrogens (tertiary/aromatic N) is 1. The predicted octanol–water partition coefficient (Wildman–Crippen LogP) is 1.17. The van der Waals surface area contributed by atoms with Crippen molar-refractivity contribution in [1.29, 1.82) is 0 Å². The van der Waals surface area contributed by atoms with E-state index in [-0.39, 0.29) is 11.9 Å². The molecule has 1 saturated heterocycles. The molecular formula is C10H14N2O2S. The number of hydrogen-bond acceptors (Lipinski definition) is 4. The van der Waals surface area contributed by atoms with Crippen LogP contribution < -0.4 is 5.73 Å². The van der Waals surface area contributed by atoms with Gasteiger partial charge in [0, 0.05) is 19.1 Å². The van der Waals surface area contributed by atoms with E-state index >= 15 is 0 Å². The van der Waals surface area contributed by atoms with Crippen molar-refractivity contribution in [3.63, 3.8) is 0 Å². The van der Waals surface area contributed by atoms with Crippen molar-refractivity contribution in [3.8, 4) is 0 Å². The van der Waals surface area contributed by atoms with E-state index in [1.165, 1.54) is 11.8 Å². The molecule has 1 fully saturated rings. The van der Waals surface area contributed by atoms with Gasteiger partial charge in [0.05, 0.1) is 0 Å². The summed E-state index contributed by atoms with van der Waals surface area (Å²) < 4.78 is 5.37. The second kappa shape index (κ2) is 4.28. The Bertz CT molecular complexity index is 364. The molecule has 0 aromatic carbocycles. The maximum atomic E-state index is 11.9. The average Bonchev–Trinajstić information content (AvgIpc) is 2.84. The second-order valence-electron chi connectivity index (χ2n) is 3.62. The molecule has 15 heavy (non-hydrogen) atoms. The minimum Gasteiger partial charge on any atom is -0.445 e. The van der Waals surface area contributed by atoms with Gasteiger partial charge in [0.1, 0.15) is 0 Å². The summed E-state index contributed by atoms with van der Waals surface area (Å²) in [7, 11) is 0. The van der Waals surface area contributed by atoms with E-state index in [1.54, 1.807) is 11.0 Å². The molecule has 1 aromatic heterocycles. The topological polar surface area (TPSA) is 59.5 Å². The van der Waals surface area contributed by atoms with Crippen molar-refractivity contribution in [2.24, 2.45) is 5.73 Å². The Balaban J connectivity index is 2.07. The third-order valence-corrected chi connectivity index (χ3v) is 3.13. The molecule has 1 aromatic rings. The zero-order valence-electron chi connectivity index (χ0n) is 8.60. The van der Waals surface area contributed by atoms with Crippen molar-refractivity contribution in [3.05, 3.63) is 17.9 Å². The highest BCUT2D eigenvalue weighted by Gasteiger charge is 2.26. The molecule has 2 rings (SSSR count). The van der Waals surface area contributed by atoms with Crippen molar-refractivity contribution in [2.45, 2.75) is 17.6 Å². The second-order valence-corrected chi connectivity index (χ2v) is 4.43. The molecule has 0 radical (unpaired) electrons. The lowest BCUT2D eigenvalue weighted by atomic mass is 10.3. The van der Waals surface area contributed by atoms with E-state index in [2.05, 4.69) is 0 Å². The number of likely N-dealkylation sites (tertiary alicyclic amines) is 1. The number of amides is 1. The van der Waals surface area contributed by atoms with Gasteiger partial charge in [-0.05, 0) is 24.8 Å². The minimum absolute atomic E-state index is 0.0525. The quantitative estimate of drug-likeness (QED) is 0.769. The zero-order valence-corrected chi connectivity index (χ0v) is 9.42. The Labute approximate surface area is 92.8 Å². The van der Waals surface area contributed by atoms with Crippen LogP contribution in [0.2, 0.25) is 0 Å². The molecule has 0 saturated carbocycles. The molecule has 1 aliphatic heterocycles. The van der Waals surface area contributed by atoms with Crippen molar-refractivity contribution < 1.29 is 9.21 Å². The van der Waals surface area contributed by atoms with Gasteiger partial charge in [0.2, 0.25) is 0 Å². The number of rotatable bonds is 2. The fraction of sp³-hybridized carbons (Fsp3) is 0.500. The van der Waals surface area contributed by atoms with Crippen LogP contribution in [0.25, 0.3) is 0 Å². The normalized spacial score (nSPS) is 20.9. The Morgan fingerprint density at radius 3 is 3.00 bits per heavy atom. The first-order valence-electron chi connectivity index (χ1n) is 4.89. The third kappa shape index (κ3) is 2.18. The summed E-state index contributed by atoms with van der Waals surface area (Å²) in [6.45, 7) is 1.36. The lowest BCUT2D eigenvalue weighted by Crippen LogP contribution is -2.31. The average molecular weight is 226 g/mol. The van der Waals surface area contributed by atoms with Gasteiger partial charge in [0.15, 0.2) is 10.9 Å². The highest BCUT2D eigenvalue weighted by molar-refractivity contribution is 7.98. The Morgan fingerprint density at radius 1 is 1.67 bits per heavy atom. The molecule has 0 unspecified atom stereocenters. The molecule has 2 heterocycles. The molecule has 1 amide bonds. The van der Waals surface area contributed by atoms with E-state index < -0.39 is 0 Å². The molecular weight excluding hydrogens is 212 g/mol. The zero-order chi connectivity index (χ0) is 10.8. The fourth-order valence-corrected chi connectivity index (χ4v) is 2.05. The van der Waals surface area contributed by atoms with Gasteiger partial charge in [-0.25, -0.2) is 0 Å². The van der Waals surface area contributed by atoms with Crippen LogP contribution in [-0.2, 0) is 0 Å². The van der Waals surface area contributed by atoms with Gasteiger partial charge in [-0.1, -0.05) is 11.8 Å². The molecule has 1 atom stereocenters. The summed E-state index contributed by atoms with van der Waals surface area (Å²) in [4.78, 5) is 13.6. The third-order valence-electron chi connectivity index (χ3n) is 2.51. The highest BCUT2D eigenvalue weighted by Crippen LogP contribution is 2.20. The van der Waals surface area contributed by atoms with Crippen LogP contribution in [0.3, 0.4) is 0 Å². The molecule has 1 aliphatic rings. The molecule has 5 heteroatoms. The first kappa shape index (κ1) is 10.6. The summed E-state index contributed by atoms with van der Waals surface area (Å²) in [6, 6.07) is 3.65. The lowest BCUT2D eigenvalue weighted by Gasteiger charge is -2.13. The van der Waals surface area contributed by atoms with Crippen molar-refractivity contribution >= 4 is 17.7 Å². The van der Waals surface area contributed by atoms with Crippen LogP contribution in [0.5, 0.6) is 0 Å². The standard InChI is InChI=1S/C10H14N2O2S/c1-15-9-3-2-8(14-9)10(13)12-5-4-7(11)6-12/h2-3,7H,4-6,11H2,1H3/t7-/m1/s1. The SMILES string of the molecule is CSc1ccc(C(=O)N2CC[C@@H](N)C2)o1. The van der Waals surface area contributed by atoms with Crippen LogP contribution in [0.1, 0.15) is 17.0 Å². The van der Waals surface area contributed by atoms with E-state index in [9.17, 15) is 4.79 Å². The minimum atomic E-state index is -0.0525. The summed E-state index contributed by atoms with van der Waals surface area (Å²) in [5.41, 5.74) is 5.74. The van der Waals surface area contributed by atoms with Gasteiger partial charge in [-0.15, -0.1) is 0 Å². The summed E-state index contributed by atoms with van der Waals surface area (Å²) in [6.07, 6.45) is 2.79. The van der Waals surface area contributed by atoms with Gasteiger partial charge in [0.25, 0.3) is 5.91 Å². The van der Waals surface area contributed by atoms with Gasteiger partial charge in [-0.3, -0.25) is 4.79 Å². The molecule has 2 N–H and O–H groups in total. The molecule has 0 spiro atoms. The van der Waals surface area contributed by atoms with E-state index in [1.807, 2.05) is 12.3 Å². The van der Waals surface area contributed by atoms with Crippen LogP contribution in [0.4, 0.5) is 0 Å². The molecule has 0 aliphatic carbocycles. The summed E-state index contributed by atoms with van der Waals surface area (Å²) >= 11 is 1.49. The van der Waals surface area contributed by atoms with Gasteiger partial charge >= 0.3 is 0 Å². The highest BCUT2D eigenvalue weighted by atomic mass is 32.2. The maximum Gasteiger partial charge on any atom is 0.289 e. The lowest BCUT2D eigenvalue weighted by molar-refractivity contribution is 0.0754. The van der Waals surface area contributed by atoms with Crippen molar-refractivity contribution in [2.75, 3.05) is 19.3 Å². The summed E-state index contributed by atoms with van der Waals surface area (Å²) in [5, 5.41) is 0.766.